The summed E-state index contributed by atoms with van der Waals surface area (Å²) >= 11 is 0. The van der Waals surface area contributed by atoms with E-state index in [9.17, 15) is 24.6 Å². The number of aliphatic hydroxyl groups is 2. The highest BCUT2D eigenvalue weighted by Gasteiger charge is 2.58. The molecule has 53 heavy (non-hydrogen) atoms. The molecule has 6 unspecified atom stereocenters. The molecule has 2 bridgehead atoms. The average molecular weight is 747 g/mol. The number of nitrogens with zero attached hydrogens (tertiary/aromatic N) is 2. The molecule has 304 valence electrons. The lowest BCUT2D eigenvalue weighted by atomic mass is 9.45. The van der Waals surface area contributed by atoms with Crippen LogP contribution in [0.1, 0.15) is 106 Å². The van der Waals surface area contributed by atoms with Gasteiger partial charge < -0.3 is 35.3 Å². The minimum absolute atomic E-state index is 0.0241. The second-order valence-corrected chi connectivity index (χ2v) is 20.1. The zero-order valence-electron chi connectivity index (χ0n) is 34.6. The monoisotopic (exact) mass is 747 g/mol. The summed E-state index contributed by atoms with van der Waals surface area (Å²) in [6.45, 7) is 16.1. The maximum atomic E-state index is 14.3. The summed E-state index contributed by atoms with van der Waals surface area (Å²) in [6, 6.07) is -0.645. The van der Waals surface area contributed by atoms with Crippen LogP contribution in [0.3, 0.4) is 0 Å². The predicted molar refractivity (Wildman–Crippen MR) is 205 cm³/mol. The van der Waals surface area contributed by atoms with Gasteiger partial charge in [-0.3, -0.25) is 14.4 Å². The van der Waals surface area contributed by atoms with Crippen molar-refractivity contribution in [1.82, 2.24) is 20.6 Å². The number of aliphatic hydroxyl groups excluding tert-OH is 2. The summed E-state index contributed by atoms with van der Waals surface area (Å²) in [7, 11) is 5.81. The molecule has 5 saturated carbocycles. The Bertz CT molecular complexity index is 1250. The van der Waals surface area contributed by atoms with Crippen LogP contribution in [0.2, 0.25) is 0 Å². The van der Waals surface area contributed by atoms with Gasteiger partial charge in [-0.25, -0.2) is 0 Å². The third-order valence-electron chi connectivity index (χ3n) is 14.5. The molecular formula is C42H74N4O7. The number of rotatable bonds is 14. The van der Waals surface area contributed by atoms with Gasteiger partial charge in [0.05, 0.1) is 18.8 Å². The maximum Gasteiger partial charge on any atom is 0.240 e. The van der Waals surface area contributed by atoms with E-state index in [4.69, 9.17) is 9.57 Å². The van der Waals surface area contributed by atoms with Gasteiger partial charge in [0.15, 0.2) is 0 Å². The molecule has 15 atom stereocenters. The fourth-order valence-electron chi connectivity index (χ4n) is 11.8. The van der Waals surface area contributed by atoms with Crippen molar-refractivity contribution in [2.75, 3.05) is 40.9 Å². The fraction of sp³-hybridized carbons (Fsp3) is 0.929. The number of likely N-dealkylation sites (N-methyl/N-ethyl adjacent to an activating group) is 1. The second kappa shape index (κ2) is 17.2. The Morgan fingerprint density at radius 2 is 1.81 bits per heavy atom. The molecule has 1 heterocycles. The van der Waals surface area contributed by atoms with Gasteiger partial charge in [0, 0.05) is 56.0 Å². The first-order valence-corrected chi connectivity index (χ1v) is 20.8. The lowest BCUT2D eigenvalue weighted by molar-refractivity contribution is -0.193. The van der Waals surface area contributed by atoms with Gasteiger partial charge in [0.2, 0.25) is 11.8 Å². The van der Waals surface area contributed by atoms with Gasteiger partial charge in [-0.1, -0.05) is 48.0 Å². The molecule has 6 aliphatic rings. The molecule has 5 aliphatic carbocycles. The molecule has 0 radical (unpaired) electrons. The molecular weight excluding hydrogens is 672 g/mol. The third kappa shape index (κ3) is 9.50. The highest BCUT2D eigenvalue weighted by Crippen LogP contribution is 2.61. The zero-order valence-corrected chi connectivity index (χ0v) is 34.6. The molecule has 1 saturated heterocycles. The minimum atomic E-state index is -0.854. The second-order valence-electron chi connectivity index (χ2n) is 20.1. The zero-order chi connectivity index (χ0) is 39.0. The molecule has 11 nitrogen and oxygen atoms in total. The van der Waals surface area contributed by atoms with E-state index >= 15 is 0 Å². The Labute approximate surface area is 320 Å². The number of nitrogens with one attached hydrogen (secondary N) is 2. The van der Waals surface area contributed by atoms with Crippen molar-refractivity contribution in [3.05, 3.63) is 0 Å². The van der Waals surface area contributed by atoms with Crippen molar-refractivity contribution < 1.29 is 34.2 Å². The maximum absolute atomic E-state index is 14.3. The molecule has 1 aliphatic heterocycles. The standard InChI is InChI=1S/C42H74N4O7/c1-24-33-17-30(42(33,6)7)18-34(24)44-40(51)37-36(25(2)49)35(23-48)53-46(37)20-27-12-11-13-32(38(27)52-10)28-14-26(22-47)15-29(16-28)39(50)43-31(21-45(8)9)19-41(3,4)5/h22,24-38,48-49H,11-21,23H2,1-10H3,(H,43,50)(H,44,51)/t24-,25-,26?,27?,28?,29?,30+,31-,32?,33-,34+,35-,36+,37-,38?/m0/s1. The summed E-state index contributed by atoms with van der Waals surface area (Å²) in [5, 5.41) is 29.9. The van der Waals surface area contributed by atoms with E-state index in [1.807, 2.05) is 14.1 Å². The first kappa shape index (κ1) is 42.5. The van der Waals surface area contributed by atoms with Crippen molar-refractivity contribution in [3.63, 3.8) is 0 Å². The highest BCUT2D eigenvalue weighted by molar-refractivity contribution is 5.83. The normalized spacial score (nSPS) is 39.9. The topological polar surface area (TPSA) is 141 Å². The number of ether oxygens (including phenoxy) is 1. The number of aldehydes is 1. The van der Waals surface area contributed by atoms with Crippen LogP contribution in [0.25, 0.3) is 0 Å². The van der Waals surface area contributed by atoms with E-state index in [0.717, 1.165) is 57.8 Å². The molecule has 11 heteroatoms. The Balaban J connectivity index is 1.30. The van der Waals surface area contributed by atoms with Crippen LogP contribution in [0, 0.1) is 64.1 Å². The van der Waals surface area contributed by atoms with Crippen molar-refractivity contribution in [3.8, 4) is 0 Å². The number of carbonyl (C=O) groups excluding carboxylic acids is 3. The average Bonchev–Trinajstić information content (AvgIpc) is 3.46. The fourth-order valence-corrected chi connectivity index (χ4v) is 11.8. The number of hydrogen-bond donors (Lipinski definition) is 4. The van der Waals surface area contributed by atoms with Crippen molar-refractivity contribution in [2.45, 2.75) is 143 Å². The van der Waals surface area contributed by atoms with Gasteiger partial charge in [-0.05, 0) is 113 Å². The van der Waals surface area contributed by atoms with Crippen molar-refractivity contribution >= 4 is 18.1 Å². The Morgan fingerprint density at radius 3 is 2.38 bits per heavy atom. The van der Waals surface area contributed by atoms with Crippen molar-refractivity contribution in [1.29, 1.82) is 0 Å². The Morgan fingerprint density at radius 1 is 1.09 bits per heavy atom. The van der Waals surface area contributed by atoms with Gasteiger partial charge >= 0.3 is 0 Å². The van der Waals surface area contributed by atoms with Crippen LogP contribution in [-0.2, 0) is 24.0 Å². The quantitative estimate of drug-likeness (QED) is 0.192. The first-order chi connectivity index (χ1) is 24.9. The van der Waals surface area contributed by atoms with Crippen molar-refractivity contribution in [2.24, 2.45) is 64.1 Å². The van der Waals surface area contributed by atoms with Crippen LogP contribution in [0.4, 0.5) is 0 Å². The largest absolute Gasteiger partial charge is 0.394 e. The van der Waals surface area contributed by atoms with Crippen LogP contribution in [0.5, 0.6) is 0 Å². The van der Waals surface area contributed by atoms with E-state index in [1.165, 1.54) is 6.42 Å². The molecule has 0 aromatic carbocycles. The molecule has 0 aromatic rings. The van der Waals surface area contributed by atoms with Gasteiger partial charge in [0.25, 0.3) is 0 Å². The van der Waals surface area contributed by atoms with E-state index in [0.29, 0.717) is 36.1 Å². The molecule has 6 rings (SSSR count). The van der Waals surface area contributed by atoms with Crippen LogP contribution >= 0.6 is 0 Å². The summed E-state index contributed by atoms with van der Waals surface area (Å²) in [4.78, 5) is 49.0. The van der Waals surface area contributed by atoms with Crippen LogP contribution < -0.4 is 10.6 Å². The SMILES string of the molecule is COC1C(CN2O[C@@H](CO)[C@@H]([C@H](C)O)[C@H]2C(=O)N[C@@H]2C[C@H]3C[C@@H]([C@@H]2C)C3(C)C)CCCC1C1CC(C=O)CC(C(=O)N[C@H](CN(C)C)CC(C)(C)C)C1. The molecule has 6 fully saturated rings. The summed E-state index contributed by atoms with van der Waals surface area (Å²) < 4.78 is 6.33. The van der Waals surface area contributed by atoms with Gasteiger partial charge in [-0.2, -0.15) is 5.06 Å². The number of fused-ring (bicyclic) bond motifs is 2. The first-order valence-electron chi connectivity index (χ1n) is 20.8. The minimum Gasteiger partial charge on any atom is -0.394 e. The smallest absolute Gasteiger partial charge is 0.240 e. The molecule has 0 spiro atoms. The predicted octanol–water partition coefficient (Wildman–Crippen LogP) is 4.29. The van der Waals surface area contributed by atoms with Crippen LogP contribution in [0.15, 0.2) is 0 Å². The number of methoxy groups -OCH3 is 1. The lowest BCUT2D eigenvalue weighted by Crippen LogP contribution is -2.62. The van der Waals surface area contributed by atoms with E-state index in [-0.39, 0.29) is 71.6 Å². The lowest BCUT2D eigenvalue weighted by Gasteiger charge is -2.62. The Hall–Kier alpha value is -1.63. The Kier molecular flexibility index (Phi) is 13.8. The van der Waals surface area contributed by atoms with Gasteiger partial charge in [-0.15, -0.1) is 0 Å². The molecule has 0 aromatic heterocycles. The van der Waals surface area contributed by atoms with E-state index in [2.05, 4.69) is 57.1 Å². The summed E-state index contributed by atoms with van der Waals surface area (Å²) in [6.07, 6.45) is 7.24. The van der Waals surface area contributed by atoms with E-state index in [1.54, 1.807) is 19.1 Å². The number of carbonyl (C=O) groups is 3. The van der Waals surface area contributed by atoms with Gasteiger partial charge in [0.1, 0.15) is 18.4 Å². The van der Waals surface area contributed by atoms with Crippen LogP contribution in [-0.4, -0.2) is 116 Å². The number of hydrogen-bond acceptors (Lipinski definition) is 9. The van der Waals surface area contributed by atoms with E-state index < -0.39 is 24.2 Å². The number of amides is 2. The summed E-state index contributed by atoms with van der Waals surface area (Å²) in [5.41, 5.74) is 0.364. The third-order valence-corrected chi connectivity index (χ3v) is 14.5. The number of hydroxylamine groups is 2. The summed E-state index contributed by atoms with van der Waals surface area (Å²) in [5.74, 6) is 0.774. The molecule has 4 N–H and O–H groups in total. The highest BCUT2D eigenvalue weighted by atomic mass is 16.7. The molecule has 2 amide bonds.